The Morgan fingerprint density at radius 3 is 2.50 bits per heavy atom. The number of nitrogens with two attached hydrogens (primary N) is 1. The predicted molar refractivity (Wildman–Crippen MR) is 149 cm³/mol. The van der Waals surface area contributed by atoms with E-state index in [-0.39, 0.29) is 30.4 Å². The van der Waals surface area contributed by atoms with Crippen molar-refractivity contribution in [1.29, 1.82) is 0 Å². The molecule has 0 aliphatic carbocycles. The van der Waals surface area contributed by atoms with E-state index in [9.17, 15) is 14.4 Å². The van der Waals surface area contributed by atoms with Crippen LogP contribution in [-0.2, 0) is 16.1 Å². The standard InChI is InChI=1S/C29H30ClN3O7/c1-38-27-16-19(8-13-26(27)33(29(31)37)25-7-3-2-6-24(25)30)15-22(34)18-40-32-14-4-5-21(32)17-39-23-11-9-20(10-12-23)28(35)36/h2-3,6-13,16,21H,4-5,14-15,17-18H2,1H3,(H2,31,37)(H,35,36)/t21-/m0/s1. The van der Waals surface area contributed by atoms with Gasteiger partial charge in [-0.15, -0.1) is 0 Å². The molecule has 1 heterocycles. The molecule has 1 aliphatic rings. The van der Waals surface area contributed by atoms with Crippen molar-refractivity contribution in [3.05, 3.63) is 82.9 Å². The number of hydrogen-bond acceptors (Lipinski definition) is 7. The summed E-state index contributed by atoms with van der Waals surface area (Å²) in [5.41, 5.74) is 7.34. The minimum absolute atomic E-state index is 0.0316. The van der Waals surface area contributed by atoms with E-state index >= 15 is 0 Å². The minimum atomic E-state index is -0.995. The first-order valence-corrected chi connectivity index (χ1v) is 13.0. The predicted octanol–water partition coefficient (Wildman–Crippen LogP) is 4.85. The molecule has 0 saturated carbocycles. The lowest BCUT2D eigenvalue weighted by Gasteiger charge is -2.24. The van der Waals surface area contributed by atoms with Gasteiger partial charge in [0, 0.05) is 13.0 Å². The Labute approximate surface area is 236 Å². The van der Waals surface area contributed by atoms with E-state index in [4.69, 9.17) is 36.8 Å². The van der Waals surface area contributed by atoms with Gasteiger partial charge < -0.3 is 20.3 Å². The molecule has 11 heteroatoms. The summed E-state index contributed by atoms with van der Waals surface area (Å²) in [6, 6.07) is 17.3. The zero-order chi connectivity index (χ0) is 28.6. The number of carbonyl (C=O) groups excluding carboxylic acids is 2. The number of halogens is 1. The largest absolute Gasteiger partial charge is 0.495 e. The monoisotopic (exact) mass is 567 g/mol. The molecule has 0 spiro atoms. The Hall–Kier alpha value is -4.12. The van der Waals surface area contributed by atoms with Crippen molar-refractivity contribution in [1.82, 2.24) is 5.06 Å². The lowest BCUT2D eigenvalue weighted by atomic mass is 10.1. The topological polar surface area (TPSA) is 132 Å². The van der Waals surface area contributed by atoms with E-state index in [1.54, 1.807) is 59.7 Å². The van der Waals surface area contributed by atoms with Gasteiger partial charge in [0.2, 0.25) is 0 Å². The number of ether oxygens (including phenoxy) is 2. The third-order valence-corrected chi connectivity index (χ3v) is 6.78. The number of primary amides is 1. The van der Waals surface area contributed by atoms with Gasteiger partial charge in [-0.1, -0.05) is 29.8 Å². The Bertz CT molecular complexity index is 1370. The van der Waals surface area contributed by atoms with Crippen molar-refractivity contribution in [2.24, 2.45) is 5.73 Å². The fraction of sp³-hybridized carbons (Fsp3) is 0.276. The maximum absolute atomic E-state index is 12.8. The molecular formula is C29H30ClN3O7. The molecule has 4 rings (SSSR count). The van der Waals surface area contributed by atoms with Gasteiger partial charge in [0.15, 0.2) is 5.78 Å². The number of Topliss-reactive ketones (excluding diaryl/α,β-unsaturated/α-hetero) is 1. The van der Waals surface area contributed by atoms with Crippen LogP contribution in [0.1, 0.15) is 28.8 Å². The van der Waals surface area contributed by atoms with Crippen molar-refractivity contribution in [2.45, 2.75) is 25.3 Å². The summed E-state index contributed by atoms with van der Waals surface area (Å²) in [4.78, 5) is 43.2. The number of rotatable bonds is 12. The number of anilines is 2. The SMILES string of the molecule is COc1cc(CC(=O)CON2CCC[C@H]2COc2ccc(C(=O)O)cc2)ccc1N(C(N)=O)c1ccccc1Cl. The summed E-state index contributed by atoms with van der Waals surface area (Å²) < 4.78 is 11.3. The molecule has 0 bridgehead atoms. The van der Waals surface area contributed by atoms with Crippen LogP contribution < -0.4 is 20.1 Å². The zero-order valence-electron chi connectivity index (χ0n) is 21.9. The number of hydrogen-bond donors (Lipinski definition) is 2. The molecule has 3 aromatic carbocycles. The van der Waals surface area contributed by atoms with E-state index in [0.717, 1.165) is 12.8 Å². The smallest absolute Gasteiger partial charge is 0.335 e. The number of amides is 2. The number of ketones is 1. The normalized spacial score (nSPS) is 15.0. The van der Waals surface area contributed by atoms with E-state index in [1.165, 1.54) is 24.1 Å². The summed E-state index contributed by atoms with van der Waals surface area (Å²) in [5, 5.41) is 11.1. The van der Waals surface area contributed by atoms with Crippen LogP contribution in [0.15, 0.2) is 66.7 Å². The Morgan fingerprint density at radius 2 is 1.82 bits per heavy atom. The number of hydroxylamine groups is 2. The van der Waals surface area contributed by atoms with Crippen LogP contribution in [0.2, 0.25) is 5.02 Å². The first kappa shape index (κ1) is 28.9. The molecule has 40 heavy (non-hydrogen) atoms. The van der Waals surface area contributed by atoms with E-state index in [2.05, 4.69) is 0 Å². The molecule has 2 amide bonds. The van der Waals surface area contributed by atoms with Gasteiger partial charge in [0.25, 0.3) is 0 Å². The summed E-state index contributed by atoms with van der Waals surface area (Å²) in [6.07, 6.45) is 1.85. The molecule has 3 aromatic rings. The second-order valence-electron chi connectivity index (χ2n) is 9.20. The fourth-order valence-corrected chi connectivity index (χ4v) is 4.70. The molecule has 0 unspecified atom stereocenters. The number of nitrogens with zero attached hydrogens (tertiary/aromatic N) is 2. The Morgan fingerprint density at radius 1 is 1.07 bits per heavy atom. The number of carboxylic acid groups (broad SMARTS) is 1. The third-order valence-electron chi connectivity index (χ3n) is 6.46. The molecular weight excluding hydrogens is 538 g/mol. The molecule has 1 fully saturated rings. The summed E-state index contributed by atoms with van der Waals surface area (Å²) in [7, 11) is 1.47. The van der Waals surface area contributed by atoms with Crippen LogP contribution in [-0.4, -0.2) is 60.9 Å². The highest BCUT2D eigenvalue weighted by Gasteiger charge is 2.27. The maximum Gasteiger partial charge on any atom is 0.335 e. The average molecular weight is 568 g/mol. The maximum atomic E-state index is 12.8. The minimum Gasteiger partial charge on any atom is -0.495 e. The summed E-state index contributed by atoms with van der Waals surface area (Å²) in [5.74, 6) is -0.206. The van der Waals surface area contributed by atoms with Gasteiger partial charge in [-0.2, -0.15) is 5.06 Å². The molecule has 1 saturated heterocycles. The molecule has 210 valence electrons. The average Bonchev–Trinajstić information content (AvgIpc) is 3.40. The van der Waals surface area contributed by atoms with Crippen molar-refractivity contribution < 1.29 is 33.8 Å². The van der Waals surface area contributed by atoms with Crippen LogP contribution in [0.4, 0.5) is 16.2 Å². The zero-order valence-corrected chi connectivity index (χ0v) is 22.7. The van der Waals surface area contributed by atoms with Crippen LogP contribution in [0.5, 0.6) is 11.5 Å². The van der Waals surface area contributed by atoms with E-state index < -0.39 is 12.0 Å². The summed E-state index contributed by atoms with van der Waals surface area (Å²) in [6.45, 7) is 0.911. The number of urea groups is 1. The Balaban J connectivity index is 1.34. The van der Waals surface area contributed by atoms with Crippen LogP contribution in [0.3, 0.4) is 0 Å². The quantitative estimate of drug-likeness (QED) is 0.317. The van der Waals surface area contributed by atoms with Gasteiger partial charge in [0.1, 0.15) is 24.7 Å². The highest BCUT2D eigenvalue weighted by Crippen LogP contribution is 2.37. The van der Waals surface area contributed by atoms with Crippen LogP contribution in [0, 0.1) is 0 Å². The van der Waals surface area contributed by atoms with Crippen molar-refractivity contribution in [3.63, 3.8) is 0 Å². The van der Waals surface area contributed by atoms with Crippen LogP contribution >= 0.6 is 11.6 Å². The number of para-hydroxylation sites is 1. The number of carboxylic acids is 1. The van der Waals surface area contributed by atoms with Gasteiger partial charge >= 0.3 is 12.0 Å². The van der Waals surface area contributed by atoms with E-state index in [0.29, 0.717) is 46.6 Å². The van der Waals surface area contributed by atoms with Gasteiger partial charge in [0.05, 0.1) is 35.1 Å². The second-order valence-corrected chi connectivity index (χ2v) is 9.60. The van der Waals surface area contributed by atoms with Crippen molar-refractivity contribution in [3.8, 4) is 11.5 Å². The van der Waals surface area contributed by atoms with Gasteiger partial charge in [-0.05, 0) is 66.9 Å². The van der Waals surface area contributed by atoms with Gasteiger partial charge in [-0.25, -0.2) is 9.59 Å². The molecule has 10 nitrogen and oxygen atoms in total. The number of benzene rings is 3. The molecule has 3 N–H and O–H groups in total. The number of carbonyl (C=O) groups is 3. The number of methoxy groups -OCH3 is 1. The highest BCUT2D eigenvalue weighted by molar-refractivity contribution is 6.34. The van der Waals surface area contributed by atoms with Gasteiger partial charge in [-0.3, -0.25) is 14.5 Å². The first-order chi connectivity index (χ1) is 19.3. The Kier molecular flexibility index (Phi) is 9.60. The first-order valence-electron chi connectivity index (χ1n) is 12.6. The summed E-state index contributed by atoms with van der Waals surface area (Å²) >= 11 is 6.29. The molecule has 0 aromatic heterocycles. The van der Waals surface area contributed by atoms with Crippen molar-refractivity contribution in [2.75, 3.05) is 31.8 Å². The third kappa shape index (κ3) is 7.09. The van der Waals surface area contributed by atoms with Crippen LogP contribution in [0.25, 0.3) is 0 Å². The van der Waals surface area contributed by atoms with Crippen molar-refractivity contribution >= 4 is 40.8 Å². The molecule has 1 aliphatic heterocycles. The second kappa shape index (κ2) is 13.3. The lowest BCUT2D eigenvalue weighted by Crippen LogP contribution is -2.36. The molecule has 1 atom stereocenters. The number of aromatic carboxylic acids is 1. The molecule has 0 radical (unpaired) electrons. The fourth-order valence-electron chi connectivity index (χ4n) is 4.48. The lowest BCUT2D eigenvalue weighted by molar-refractivity contribution is -0.179. The highest BCUT2D eigenvalue weighted by atomic mass is 35.5. The van der Waals surface area contributed by atoms with E-state index in [1.807, 2.05) is 0 Å².